The summed E-state index contributed by atoms with van der Waals surface area (Å²) in [5.41, 5.74) is 3.94. The molecule has 2 aromatic rings. The Morgan fingerprint density at radius 2 is 1.91 bits per heavy atom. The summed E-state index contributed by atoms with van der Waals surface area (Å²) in [7, 11) is 0. The van der Waals surface area contributed by atoms with Gasteiger partial charge in [0.05, 0.1) is 0 Å². The van der Waals surface area contributed by atoms with Crippen LogP contribution in [0.5, 0.6) is 0 Å². The number of carbonyl (C=O) groups excluding carboxylic acids is 1. The number of carbonyl (C=O) groups is 1. The minimum Gasteiger partial charge on any atom is -0.384 e. The van der Waals surface area contributed by atoms with Crippen LogP contribution < -0.4 is 4.90 Å². The molecule has 2 aromatic carbocycles. The van der Waals surface area contributed by atoms with E-state index in [1.54, 1.807) is 11.8 Å². The molecule has 0 saturated carbocycles. The maximum absolute atomic E-state index is 12.1. The fourth-order valence-electron chi connectivity index (χ4n) is 3.32. The zero-order valence-electron chi connectivity index (χ0n) is 12.2. The van der Waals surface area contributed by atoms with E-state index in [4.69, 9.17) is 0 Å². The predicted octanol–water partition coefficient (Wildman–Crippen LogP) is 3.50. The molecule has 1 fully saturated rings. The number of nitrogens with zero attached hydrogens (tertiary/aromatic N) is 1. The summed E-state index contributed by atoms with van der Waals surface area (Å²) in [5, 5.41) is 10.8. The van der Waals surface area contributed by atoms with Crippen LogP contribution in [0.25, 0.3) is 0 Å². The van der Waals surface area contributed by atoms with Crippen molar-refractivity contribution >= 4 is 23.4 Å². The van der Waals surface area contributed by atoms with Crippen LogP contribution in [0.15, 0.2) is 47.4 Å². The van der Waals surface area contributed by atoms with Crippen molar-refractivity contribution in [2.45, 2.75) is 29.6 Å². The zero-order chi connectivity index (χ0) is 15.1. The monoisotopic (exact) mass is 311 g/mol. The van der Waals surface area contributed by atoms with E-state index in [9.17, 15) is 9.90 Å². The Kier molecular flexibility index (Phi) is 3.43. The molecule has 2 aliphatic rings. The third kappa shape index (κ3) is 2.14. The van der Waals surface area contributed by atoms with Gasteiger partial charge < -0.3 is 10.0 Å². The summed E-state index contributed by atoms with van der Waals surface area (Å²) in [6, 6.07) is 13.9. The highest BCUT2D eigenvalue weighted by Gasteiger charge is 2.28. The highest BCUT2D eigenvalue weighted by molar-refractivity contribution is 7.98. The van der Waals surface area contributed by atoms with Gasteiger partial charge in [0.25, 0.3) is 0 Å². The van der Waals surface area contributed by atoms with Crippen LogP contribution in [-0.4, -0.2) is 17.6 Å². The Labute approximate surface area is 134 Å². The van der Waals surface area contributed by atoms with Gasteiger partial charge in [0.15, 0.2) is 0 Å². The van der Waals surface area contributed by atoms with E-state index < -0.39 is 6.10 Å². The maximum Gasteiger partial charge on any atom is 0.227 e. The average molecular weight is 311 g/mol. The predicted molar refractivity (Wildman–Crippen MR) is 88.1 cm³/mol. The van der Waals surface area contributed by atoms with Gasteiger partial charge in [-0.3, -0.25) is 4.79 Å². The Balaban J connectivity index is 1.84. The first kappa shape index (κ1) is 13.9. The largest absolute Gasteiger partial charge is 0.384 e. The fraction of sp³-hybridized carbons (Fsp3) is 0.278. The van der Waals surface area contributed by atoms with Gasteiger partial charge in [0.1, 0.15) is 6.10 Å². The Hall–Kier alpha value is -1.78. The average Bonchev–Trinajstić information content (AvgIpc) is 2.91. The smallest absolute Gasteiger partial charge is 0.227 e. The van der Waals surface area contributed by atoms with Crippen molar-refractivity contribution in [2.24, 2.45) is 0 Å². The summed E-state index contributed by atoms with van der Waals surface area (Å²) in [6.07, 6.45) is 0.914. The van der Waals surface area contributed by atoms with Crippen molar-refractivity contribution in [3.8, 4) is 0 Å². The SMILES string of the molecule is O=C1CCCN1c1cccc2c1CSc1ccccc1C2O. The minimum atomic E-state index is -0.626. The van der Waals surface area contributed by atoms with E-state index in [1.807, 2.05) is 41.3 Å². The van der Waals surface area contributed by atoms with Crippen molar-refractivity contribution in [3.05, 3.63) is 59.2 Å². The second-order valence-corrected chi connectivity index (χ2v) is 6.74. The fourth-order valence-corrected chi connectivity index (χ4v) is 4.45. The molecule has 0 aliphatic carbocycles. The van der Waals surface area contributed by atoms with Gasteiger partial charge in [-0.05, 0) is 35.2 Å². The topological polar surface area (TPSA) is 40.5 Å². The summed E-state index contributed by atoms with van der Waals surface area (Å²) in [4.78, 5) is 15.1. The highest BCUT2D eigenvalue weighted by atomic mass is 32.2. The lowest BCUT2D eigenvalue weighted by molar-refractivity contribution is -0.117. The van der Waals surface area contributed by atoms with Gasteiger partial charge in [-0.25, -0.2) is 0 Å². The van der Waals surface area contributed by atoms with Crippen molar-refractivity contribution in [2.75, 3.05) is 11.4 Å². The lowest BCUT2D eigenvalue weighted by atomic mass is 9.96. The van der Waals surface area contributed by atoms with Crippen molar-refractivity contribution < 1.29 is 9.90 Å². The number of aliphatic hydroxyl groups is 1. The molecular weight excluding hydrogens is 294 g/mol. The third-order valence-electron chi connectivity index (χ3n) is 4.43. The Bertz CT molecular complexity index is 744. The van der Waals surface area contributed by atoms with Crippen LogP contribution in [0.3, 0.4) is 0 Å². The lowest BCUT2D eigenvalue weighted by Crippen LogP contribution is -2.25. The number of amides is 1. The number of rotatable bonds is 1. The summed E-state index contributed by atoms with van der Waals surface area (Å²) in [6.45, 7) is 0.781. The van der Waals surface area contributed by atoms with Crippen LogP contribution >= 0.6 is 11.8 Å². The standard InChI is InChI=1S/C18H17NO2S/c20-17-9-4-10-19(17)15-7-3-6-12-14(15)11-22-16-8-2-1-5-13(16)18(12)21/h1-3,5-8,18,21H,4,9-11H2. The van der Waals surface area contributed by atoms with Crippen molar-refractivity contribution in [1.29, 1.82) is 0 Å². The molecule has 3 nitrogen and oxygen atoms in total. The number of anilines is 1. The van der Waals surface area contributed by atoms with E-state index in [-0.39, 0.29) is 5.91 Å². The molecule has 2 heterocycles. The Morgan fingerprint density at radius 1 is 1.09 bits per heavy atom. The van der Waals surface area contributed by atoms with Crippen LogP contribution in [0.1, 0.15) is 35.6 Å². The maximum atomic E-state index is 12.1. The molecule has 0 bridgehead atoms. The molecule has 1 amide bonds. The molecular formula is C18H17NO2S. The van der Waals surface area contributed by atoms with Gasteiger partial charge in [-0.2, -0.15) is 0 Å². The normalized spacial score (nSPS) is 20.5. The summed E-state index contributed by atoms with van der Waals surface area (Å²) >= 11 is 1.73. The van der Waals surface area contributed by atoms with Gasteiger partial charge in [0.2, 0.25) is 5.91 Å². The number of hydrogen-bond acceptors (Lipinski definition) is 3. The molecule has 4 heteroatoms. The molecule has 1 unspecified atom stereocenters. The Morgan fingerprint density at radius 3 is 2.73 bits per heavy atom. The van der Waals surface area contributed by atoms with Crippen molar-refractivity contribution in [1.82, 2.24) is 0 Å². The molecule has 22 heavy (non-hydrogen) atoms. The van der Waals surface area contributed by atoms with Crippen LogP contribution in [-0.2, 0) is 10.5 Å². The molecule has 1 N–H and O–H groups in total. The van der Waals surface area contributed by atoms with Gasteiger partial charge in [-0.15, -0.1) is 11.8 Å². The van der Waals surface area contributed by atoms with Gasteiger partial charge in [0, 0.05) is 29.3 Å². The van der Waals surface area contributed by atoms with E-state index in [0.29, 0.717) is 6.42 Å². The van der Waals surface area contributed by atoms with Crippen LogP contribution in [0.4, 0.5) is 5.69 Å². The molecule has 1 atom stereocenters. The summed E-state index contributed by atoms with van der Waals surface area (Å²) < 4.78 is 0. The van der Waals surface area contributed by atoms with Gasteiger partial charge >= 0.3 is 0 Å². The van der Waals surface area contributed by atoms with Gasteiger partial charge in [-0.1, -0.05) is 30.3 Å². The van der Waals surface area contributed by atoms with Crippen molar-refractivity contribution in [3.63, 3.8) is 0 Å². The number of thioether (sulfide) groups is 1. The van der Waals surface area contributed by atoms with E-state index in [0.717, 1.165) is 46.0 Å². The second-order valence-electron chi connectivity index (χ2n) is 5.72. The first-order chi connectivity index (χ1) is 10.8. The molecule has 1 saturated heterocycles. The second kappa shape index (κ2) is 5.45. The summed E-state index contributed by atoms with van der Waals surface area (Å²) in [5.74, 6) is 0.971. The zero-order valence-corrected chi connectivity index (χ0v) is 13.0. The molecule has 112 valence electrons. The van der Waals surface area contributed by atoms with E-state index in [2.05, 4.69) is 6.07 Å². The number of fused-ring (bicyclic) bond motifs is 2. The number of hydrogen-bond donors (Lipinski definition) is 1. The quantitative estimate of drug-likeness (QED) is 0.876. The highest BCUT2D eigenvalue weighted by Crippen LogP contribution is 2.42. The van der Waals surface area contributed by atoms with E-state index in [1.165, 1.54) is 0 Å². The number of aliphatic hydroxyl groups excluding tert-OH is 1. The lowest BCUT2D eigenvalue weighted by Gasteiger charge is -2.22. The first-order valence-corrected chi connectivity index (χ1v) is 8.56. The van der Waals surface area contributed by atoms with E-state index >= 15 is 0 Å². The molecule has 0 aromatic heterocycles. The van der Waals surface area contributed by atoms with Crippen LogP contribution in [0.2, 0.25) is 0 Å². The molecule has 0 radical (unpaired) electrons. The minimum absolute atomic E-state index is 0.189. The molecule has 0 spiro atoms. The van der Waals surface area contributed by atoms with Crippen LogP contribution in [0, 0.1) is 0 Å². The number of benzene rings is 2. The third-order valence-corrected chi connectivity index (χ3v) is 5.55. The molecule has 4 rings (SSSR count). The molecule has 2 aliphatic heterocycles. The first-order valence-electron chi connectivity index (χ1n) is 7.57.